The molecule has 1 aliphatic rings. The quantitative estimate of drug-likeness (QED) is 0.642. The van der Waals surface area contributed by atoms with E-state index < -0.39 is 10.0 Å². The van der Waals surface area contributed by atoms with Crippen LogP contribution in [0.15, 0.2) is 60.8 Å². The molecule has 0 unspecified atom stereocenters. The monoisotopic (exact) mass is 423 g/mol. The lowest BCUT2D eigenvalue weighted by molar-refractivity contribution is 0.419. The van der Waals surface area contributed by atoms with Crippen molar-refractivity contribution >= 4 is 10.0 Å². The number of nitrogens with zero attached hydrogens (tertiary/aromatic N) is 2. The zero-order valence-corrected chi connectivity index (χ0v) is 18.6. The first-order chi connectivity index (χ1) is 14.3. The maximum Gasteiger partial charge on any atom is 0.208 e. The lowest BCUT2D eigenvalue weighted by atomic mass is 9.80. The summed E-state index contributed by atoms with van der Waals surface area (Å²) in [4.78, 5) is 0. The molecule has 1 heterocycles. The van der Waals surface area contributed by atoms with Crippen LogP contribution in [0.25, 0.3) is 11.1 Å². The van der Waals surface area contributed by atoms with E-state index in [1.165, 1.54) is 28.5 Å². The van der Waals surface area contributed by atoms with Gasteiger partial charge in [-0.15, -0.1) is 0 Å². The van der Waals surface area contributed by atoms with E-state index in [-0.39, 0.29) is 18.0 Å². The molecule has 158 valence electrons. The highest BCUT2D eigenvalue weighted by Gasteiger charge is 2.34. The first kappa shape index (κ1) is 20.8. The number of aromatic nitrogens is 2. The topological polar surface area (TPSA) is 64.0 Å². The highest BCUT2D eigenvalue weighted by Crippen LogP contribution is 2.35. The molecular weight excluding hydrogens is 394 g/mol. The first-order valence-corrected chi connectivity index (χ1v) is 12.4. The lowest BCUT2D eigenvalue weighted by Crippen LogP contribution is -2.42. The molecule has 1 N–H and O–H groups in total. The third kappa shape index (κ3) is 4.65. The number of fused-ring (bicyclic) bond motifs is 1. The molecule has 6 heteroatoms. The van der Waals surface area contributed by atoms with Gasteiger partial charge < -0.3 is 0 Å². The van der Waals surface area contributed by atoms with Gasteiger partial charge in [0.1, 0.15) is 0 Å². The molecule has 4 rings (SSSR count). The predicted molar refractivity (Wildman–Crippen MR) is 121 cm³/mol. The van der Waals surface area contributed by atoms with Crippen molar-refractivity contribution in [2.45, 2.75) is 51.1 Å². The Morgan fingerprint density at radius 1 is 1.10 bits per heavy atom. The van der Waals surface area contributed by atoms with Crippen LogP contribution in [0.3, 0.4) is 0 Å². The molecule has 1 aromatic heterocycles. The van der Waals surface area contributed by atoms with Crippen LogP contribution in [-0.2, 0) is 22.9 Å². The largest absolute Gasteiger partial charge is 0.270 e. The van der Waals surface area contributed by atoms with Gasteiger partial charge in [0.15, 0.2) is 0 Å². The van der Waals surface area contributed by atoms with Crippen molar-refractivity contribution in [1.82, 2.24) is 14.5 Å². The second kappa shape index (κ2) is 8.36. The molecule has 5 nitrogen and oxygen atoms in total. The molecule has 0 fully saturated rings. The Morgan fingerprint density at radius 2 is 1.83 bits per heavy atom. The second-order valence-corrected chi connectivity index (χ2v) is 10.3. The maximum absolute atomic E-state index is 12.0. The van der Waals surface area contributed by atoms with Crippen molar-refractivity contribution in [2.24, 2.45) is 0 Å². The summed E-state index contributed by atoms with van der Waals surface area (Å²) in [5, 5.41) is 4.87. The van der Waals surface area contributed by atoms with Gasteiger partial charge in [0, 0.05) is 24.2 Å². The van der Waals surface area contributed by atoms with Gasteiger partial charge in [-0.1, -0.05) is 54.6 Å². The van der Waals surface area contributed by atoms with Crippen LogP contribution >= 0.6 is 0 Å². The van der Waals surface area contributed by atoms with E-state index in [0.717, 1.165) is 25.0 Å². The van der Waals surface area contributed by atoms with E-state index in [9.17, 15) is 8.42 Å². The van der Waals surface area contributed by atoms with Gasteiger partial charge in [0.2, 0.25) is 10.0 Å². The molecule has 0 saturated carbocycles. The summed E-state index contributed by atoms with van der Waals surface area (Å²) in [5.74, 6) is 0.00879. The first-order valence-electron chi connectivity index (χ1n) is 10.5. The summed E-state index contributed by atoms with van der Waals surface area (Å²) in [7, 11) is -3.30. The Kier molecular flexibility index (Phi) is 5.80. The summed E-state index contributed by atoms with van der Waals surface area (Å²) < 4.78 is 28.9. The minimum atomic E-state index is -3.30. The lowest BCUT2D eigenvalue weighted by Gasteiger charge is -2.31. The second-order valence-electron chi connectivity index (χ2n) is 8.53. The summed E-state index contributed by atoms with van der Waals surface area (Å²) in [6.07, 6.45) is 5.74. The van der Waals surface area contributed by atoms with E-state index in [1.807, 2.05) is 22.9 Å². The zero-order valence-electron chi connectivity index (χ0n) is 17.7. The van der Waals surface area contributed by atoms with Gasteiger partial charge in [0.25, 0.3) is 0 Å². The summed E-state index contributed by atoms with van der Waals surface area (Å²) in [5.41, 5.74) is 5.80. The van der Waals surface area contributed by atoms with Crippen molar-refractivity contribution in [1.29, 1.82) is 0 Å². The molecule has 0 amide bonds. The smallest absolute Gasteiger partial charge is 0.208 e. The van der Waals surface area contributed by atoms with Crippen LogP contribution in [0.5, 0.6) is 0 Å². The maximum atomic E-state index is 12.0. The predicted octanol–water partition coefficient (Wildman–Crippen LogP) is 4.32. The van der Waals surface area contributed by atoms with E-state index in [0.29, 0.717) is 0 Å². The van der Waals surface area contributed by atoms with E-state index >= 15 is 0 Å². The Labute approximate surface area is 179 Å². The fourth-order valence-electron chi connectivity index (χ4n) is 4.33. The Bertz CT molecular complexity index is 1120. The van der Waals surface area contributed by atoms with E-state index in [4.69, 9.17) is 5.10 Å². The van der Waals surface area contributed by atoms with Crippen molar-refractivity contribution in [3.05, 3.63) is 77.6 Å². The minimum absolute atomic E-state index is 0.00879. The van der Waals surface area contributed by atoms with Crippen LogP contribution in [0.4, 0.5) is 0 Å². The molecule has 0 saturated heterocycles. The number of hydrogen-bond donors (Lipinski definition) is 1. The van der Waals surface area contributed by atoms with Gasteiger partial charge in [-0.25, -0.2) is 13.1 Å². The molecule has 2 atom stereocenters. The molecule has 2 aromatic carbocycles. The third-order valence-corrected chi connectivity index (χ3v) is 6.52. The molecule has 0 radical (unpaired) electrons. The standard InChI is InChI=1S/C24H29N3O2S/c1-17(2)27-16-21-12-13-23(26-30(3,28)29)22(24(21)25-27)15-18-8-7-11-20(14-18)19-9-5-4-6-10-19/h4-11,14,16-17,22-23,26H,12-13,15H2,1-3H3/t22-,23-/m0/s1. The number of aryl methyl sites for hydroxylation is 1. The molecule has 0 bridgehead atoms. The average molecular weight is 424 g/mol. The summed E-state index contributed by atoms with van der Waals surface area (Å²) >= 11 is 0. The van der Waals surface area contributed by atoms with Crippen molar-refractivity contribution in [2.75, 3.05) is 6.26 Å². The van der Waals surface area contributed by atoms with Crippen LogP contribution in [0.1, 0.15) is 49.0 Å². The molecular formula is C24H29N3O2S. The fourth-order valence-corrected chi connectivity index (χ4v) is 5.16. The minimum Gasteiger partial charge on any atom is -0.270 e. The Morgan fingerprint density at radius 3 is 2.53 bits per heavy atom. The normalized spacial score (nSPS) is 19.1. The Balaban J connectivity index is 1.69. The van der Waals surface area contributed by atoms with Crippen LogP contribution in [0, 0.1) is 0 Å². The van der Waals surface area contributed by atoms with Gasteiger partial charge in [-0.2, -0.15) is 5.10 Å². The number of rotatable bonds is 6. The van der Waals surface area contributed by atoms with Crippen molar-refractivity contribution < 1.29 is 8.42 Å². The van der Waals surface area contributed by atoms with Gasteiger partial charge in [-0.05, 0) is 55.4 Å². The number of hydrogen-bond acceptors (Lipinski definition) is 3. The zero-order chi connectivity index (χ0) is 21.3. The fraction of sp³-hybridized carbons (Fsp3) is 0.375. The number of sulfonamides is 1. The van der Waals surface area contributed by atoms with E-state index in [2.05, 4.69) is 61.2 Å². The molecule has 3 aromatic rings. The molecule has 0 spiro atoms. The van der Waals surface area contributed by atoms with Gasteiger partial charge >= 0.3 is 0 Å². The summed E-state index contributed by atoms with van der Waals surface area (Å²) in [6, 6.07) is 19.0. The number of nitrogens with one attached hydrogen (secondary N) is 1. The van der Waals surface area contributed by atoms with E-state index in [1.54, 1.807) is 0 Å². The third-order valence-electron chi connectivity index (χ3n) is 5.79. The van der Waals surface area contributed by atoms with Gasteiger partial charge in [0.05, 0.1) is 11.9 Å². The molecule has 30 heavy (non-hydrogen) atoms. The number of benzene rings is 2. The van der Waals surface area contributed by atoms with Crippen molar-refractivity contribution in [3.63, 3.8) is 0 Å². The Hall–Kier alpha value is -2.44. The van der Waals surface area contributed by atoms with Crippen molar-refractivity contribution in [3.8, 4) is 11.1 Å². The SMILES string of the molecule is CC(C)n1cc2c(n1)[C@@H](Cc1cccc(-c3ccccc3)c1)[C@@H](NS(C)(=O)=O)CC2. The average Bonchev–Trinajstić information content (AvgIpc) is 3.15. The summed E-state index contributed by atoms with van der Waals surface area (Å²) in [6.45, 7) is 4.23. The molecule has 0 aliphatic heterocycles. The van der Waals surface area contributed by atoms with Crippen LogP contribution < -0.4 is 4.72 Å². The molecule has 1 aliphatic carbocycles. The van der Waals surface area contributed by atoms with Crippen LogP contribution in [0.2, 0.25) is 0 Å². The highest BCUT2D eigenvalue weighted by atomic mass is 32.2. The highest BCUT2D eigenvalue weighted by molar-refractivity contribution is 7.88. The van der Waals surface area contributed by atoms with Gasteiger partial charge in [-0.3, -0.25) is 4.68 Å². The van der Waals surface area contributed by atoms with Crippen LogP contribution in [-0.4, -0.2) is 30.5 Å².